The van der Waals surface area contributed by atoms with E-state index in [0.717, 1.165) is 6.07 Å². The highest BCUT2D eigenvalue weighted by Crippen LogP contribution is 2.30. The Morgan fingerprint density at radius 3 is 2.78 bits per heavy atom. The molecular formula is C10H10ClFN2O4. The molecule has 0 spiro atoms. The van der Waals surface area contributed by atoms with E-state index in [1.165, 1.54) is 6.92 Å². The van der Waals surface area contributed by atoms with E-state index in [9.17, 15) is 19.3 Å². The van der Waals surface area contributed by atoms with Crippen molar-refractivity contribution in [1.29, 1.82) is 0 Å². The summed E-state index contributed by atoms with van der Waals surface area (Å²) in [5.41, 5.74) is -0.506. The summed E-state index contributed by atoms with van der Waals surface area (Å²) in [4.78, 5) is 20.5. The second-order valence-electron chi connectivity index (χ2n) is 3.66. The average Bonchev–Trinajstić information content (AvgIpc) is 2.29. The van der Waals surface area contributed by atoms with Crippen molar-refractivity contribution in [2.45, 2.75) is 6.92 Å². The number of nitro groups is 1. The molecule has 0 fully saturated rings. The molecule has 0 bridgehead atoms. The first kappa shape index (κ1) is 14.2. The molecule has 1 atom stereocenters. The minimum Gasteiger partial charge on any atom is -0.481 e. The quantitative estimate of drug-likeness (QED) is 0.637. The van der Waals surface area contributed by atoms with E-state index in [1.54, 1.807) is 0 Å². The summed E-state index contributed by atoms with van der Waals surface area (Å²) in [5.74, 6) is -2.69. The highest BCUT2D eigenvalue weighted by molar-refractivity contribution is 6.31. The summed E-state index contributed by atoms with van der Waals surface area (Å²) in [6.45, 7) is 1.41. The Morgan fingerprint density at radius 1 is 1.67 bits per heavy atom. The van der Waals surface area contributed by atoms with Gasteiger partial charge in [-0.25, -0.2) is 4.39 Å². The zero-order valence-electron chi connectivity index (χ0n) is 9.31. The van der Waals surface area contributed by atoms with Crippen molar-refractivity contribution in [2.75, 3.05) is 11.9 Å². The summed E-state index contributed by atoms with van der Waals surface area (Å²) in [6, 6.07) is 1.75. The van der Waals surface area contributed by atoms with Crippen LogP contribution in [0, 0.1) is 21.8 Å². The molecule has 0 aliphatic carbocycles. The summed E-state index contributed by atoms with van der Waals surface area (Å²) in [7, 11) is 0. The lowest BCUT2D eigenvalue weighted by molar-refractivity contribution is -0.384. The van der Waals surface area contributed by atoms with Crippen LogP contribution in [0.1, 0.15) is 6.92 Å². The third-order valence-electron chi connectivity index (χ3n) is 2.26. The molecular weight excluding hydrogens is 267 g/mol. The van der Waals surface area contributed by atoms with Crippen LogP contribution in [0.15, 0.2) is 12.1 Å². The second kappa shape index (κ2) is 5.63. The number of rotatable bonds is 5. The van der Waals surface area contributed by atoms with E-state index in [-0.39, 0.29) is 17.3 Å². The molecule has 0 heterocycles. The first-order chi connectivity index (χ1) is 8.32. The Hall–Kier alpha value is -1.89. The predicted octanol–water partition coefficient (Wildman–Crippen LogP) is 2.52. The Kier molecular flexibility index (Phi) is 4.43. The van der Waals surface area contributed by atoms with Gasteiger partial charge in [0.25, 0.3) is 5.69 Å². The minimum atomic E-state index is -1.04. The monoisotopic (exact) mass is 276 g/mol. The van der Waals surface area contributed by atoms with Crippen LogP contribution in [0.4, 0.5) is 15.8 Å². The standard InChI is InChI=1S/C10H10ClFN2O4/c1-5(10(15)16)4-13-8-2-6(11)7(12)3-9(8)14(17)18/h2-3,5,13H,4H2,1H3,(H,15,16). The maximum Gasteiger partial charge on any atom is 0.308 e. The first-order valence-corrected chi connectivity index (χ1v) is 5.30. The lowest BCUT2D eigenvalue weighted by atomic mass is 10.2. The third kappa shape index (κ3) is 3.30. The van der Waals surface area contributed by atoms with Crippen LogP contribution in [0.3, 0.4) is 0 Å². The summed E-state index contributed by atoms with van der Waals surface area (Å²) < 4.78 is 13.1. The normalized spacial score (nSPS) is 11.9. The smallest absolute Gasteiger partial charge is 0.308 e. The van der Waals surface area contributed by atoms with E-state index in [1.807, 2.05) is 0 Å². The predicted molar refractivity (Wildman–Crippen MR) is 63.4 cm³/mol. The minimum absolute atomic E-state index is 0.0144. The van der Waals surface area contributed by atoms with Gasteiger partial charge in [0.2, 0.25) is 0 Å². The lowest BCUT2D eigenvalue weighted by Crippen LogP contribution is -2.20. The zero-order valence-corrected chi connectivity index (χ0v) is 10.1. The molecule has 1 rings (SSSR count). The fourth-order valence-corrected chi connectivity index (χ4v) is 1.34. The van der Waals surface area contributed by atoms with Gasteiger partial charge in [-0.05, 0) is 6.07 Å². The molecule has 0 saturated carbocycles. The molecule has 2 N–H and O–H groups in total. The maximum atomic E-state index is 13.1. The maximum absolute atomic E-state index is 13.1. The van der Waals surface area contributed by atoms with Gasteiger partial charge in [0.05, 0.1) is 21.9 Å². The molecule has 0 aliphatic rings. The number of benzene rings is 1. The van der Waals surface area contributed by atoms with E-state index in [2.05, 4.69) is 5.32 Å². The van der Waals surface area contributed by atoms with Gasteiger partial charge in [0.15, 0.2) is 0 Å². The number of aliphatic carboxylic acids is 1. The number of anilines is 1. The molecule has 8 heteroatoms. The molecule has 0 amide bonds. The fourth-order valence-electron chi connectivity index (χ4n) is 1.18. The molecule has 0 aliphatic heterocycles. The van der Waals surface area contributed by atoms with Gasteiger partial charge < -0.3 is 10.4 Å². The van der Waals surface area contributed by atoms with Crippen molar-refractivity contribution < 1.29 is 19.2 Å². The SMILES string of the molecule is CC(CNc1cc(Cl)c(F)cc1[N+](=O)[O-])C(=O)O. The Labute approximate surface area is 107 Å². The van der Waals surface area contributed by atoms with Crippen LogP contribution >= 0.6 is 11.6 Å². The highest BCUT2D eigenvalue weighted by Gasteiger charge is 2.19. The van der Waals surface area contributed by atoms with Crippen LogP contribution in [-0.2, 0) is 4.79 Å². The Balaban J connectivity index is 2.97. The van der Waals surface area contributed by atoms with Gasteiger partial charge in [-0.15, -0.1) is 0 Å². The first-order valence-electron chi connectivity index (χ1n) is 4.93. The zero-order chi connectivity index (χ0) is 13.9. The molecule has 18 heavy (non-hydrogen) atoms. The molecule has 0 radical (unpaired) electrons. The van der Waals surface area contributed by atoms with Crippen molar-refractivity contribution >= 4 is 28.9 Å². The molecule has 6 nitrogen and oxygen atoms in total. The number of nitrogens with zero attached hydrogens (tertiary/aromatic N) is 1. The van der Waals surface area contributed by atoms with Crippen molar-refractivity contribution in [3.63, 3.8) is 0 Å². The van der Waals surface area contributed by atoms with Crippen LogP contribution in [0.5, 0.6) is 0 Å². The molecule has 1 aromatic carbocycles. The van der Waals surface area contributed by atoms with Gasteiger partial charge >= 0.3 is 5.97 Å². The number of nitrogens with one attached hydrogen (secondary N) is 1. The highest BCUT2D eigenvalue weighted by atomic mass is 35.5. The van der Waals surface area contributed by atoms with Crippen molar-refractivity contribution in [3.8, 4) is 0 Å². The van der Waals surface area contributed by atoms with Crippen molar-refractivity contribution in [3.05, 3.63) is 33.1 Å². The van der Waals surface area contributed by atoms with Gasteiger partial charge in [0.1, 0.15) is 11.5 Å². The number of hydrogen-bond acceptors (Lipinski definition) is 4. The van der Waals surface area contributed by atoms with E-state index >= 15 is 0 Å². The van der Waals surface area contributed by atoms with Crippen molar-refractivity contribution in [1.82, 2.24) is 0 Å². The molecule has 0 saturated heterocycles. The van der Waals surface area contributed by atoms with Crippen LogP contribution in [-0.4, -0.2) is 22.5 Å². The average molecular weight is 277 g/mol. The number of carboxylic acids is 1. The van der Waals surface area contributed by atoms with Crippen LogP contribution in [0.25, 0.3) is 0 Å². The molecule has 1 unspecified atom stereocenters. The largest absolute Gasteiger partial charge is 0.481 e. The van der Waals surface area contributed by atoms with Gasteiger partial charge in [-0.3, -0.25) is 14.9 Å². The van der Waals surface area contributed by atoms with Gasteiger partial charge in [-0.2, -0.15) is 0 Å². The van der Waals surface area contributed by atoms with E-state index < -0.39 is 28.3 Å². The van der Waals surface area contributed by atoms with Gasteiger partial charge in [0, 0.05) is 6.54 Å². The molecule has 98 valence electrons. The lowest BCUT2D eigenvalue weighted by Gasteiger charge is -2.10. The topological polar surface area (TPSA) is 92.5 Å². The second-order valence-corrected chi connectivity index (χ2v) is 4.07. The summed E-state index contributed by atoms with van der Waals surface area (Å²) >= 11 is 5.51. The van der Waals surface area contributed by atoms with Gasteiger partial charge in [-0.1, -0.05) is 18.5 Å². The Bertz CT molecular complexity index is 495. The van der Waals surface area contributed by atoms with Crippen LogP contribution in [0.2, 0.25) is 5.02 Å². The molecule has 1 aromatic rings. The number of hydrogen-bond donors (Lipinski definition) is 2. The van der Waals surface area contributed by atoms with Crippen molar-refractivity contribution in [2.24, 2.45) is 5.92 Å². The van der Waals surface area contributed by atoms with E-state index in [4.69, 9.17) is 16.7 Å². The summed E-state index contributed by atoms with van der Waals surface area (Å²) in [6.07, 6.45) is 0. The third-order valence-corrected chi connectivity index (χ3v) is 2.55. The van der Waals surface area contributed by atoms with E-state index in [0.29, 0.717) is 6.07 Å². The fraction of sp³-hybridized carbons (Fsp3) is 0.300. The number of carbonyl (C=O) groups is 1. The van der Waals surface area contributed by atoms with Crippen LogP contribution < -0.4 is 5.32 Å². The number of carboxylic acid groups (broad SMARTS) is 1. The Morgan fingerprint density at radius 2 is 2.28 bits per heavy atom. The summed E-state index contributed by atoms with van der Waals surface area (Å²) in [5, 5.41) is 21.7. The number of halogens is 2. The molecule has 0 aromatic heterocycles. The number of nitro benzene ring substituents is 1.